The first kappa shape index (κ1) is 14.9. The summed E-state index contributed by atoms with van der Waals surface area (Å²) in [7, 11) is 0. The molecule has 1 aromatic rings. The Balaban J connectivity index is 1.97. The van der Waals surface area contributed by atoms with Crippen molar-refractivity contribution in [2.45, 2.75) is 70.8 Å². The number of hydrogen-bond acceptors (Lipinski definition) is 4. The summed E-state index contributed by atoms with van der Waals surface area (Å²) < 4.78 is 1.47. The second-order valence-corrected chi connectivity index (χ2v) is 5.86. The first-order valence-electron chi connectivity index (χ1n) is 7.64. The number of tetrazole rings is 1. The molecule has 1 aliphatic carbocycles. The van der Waals surface area contributed by atoms with Crippen molar-refractivity contribution in [3.05, 3.63) is 5.82 Å². The summed E-state index contributed by atoms with van der Waals surface area (Å²) in [5.41, 5.74) is 0. The zero-order valence-corrected chi connectivity index (χ0v) is 12.3. The van der Waals surface area contributed by atoms with Crippen LogP contribution >= 0.6 is 0 Å². The molecule has 112 valence electrons. The molecule has 1 unspecified atom stereocenters. The van der Waals surface area contributed by atoms with Gasteiger partial charge in [-0.25, -0.2) is 9.48 Å². The van der Waals surface area contributed by atoms with Crippen molar-refractivity contribution < 1.29 is 9.90 Å². The van der Waals surface area contributed by atoms with Gasteiger partial charge in [0.05, 0.1) is 0 Å². The van der Waals surface area contributed by atoms with Crippen LogP contribution in [-0.2, 0) is 4.79 Å². The van der Waals surface area contributed by atoms with Gasteiger partial charge in [0.25, 0.3) is 0 Å². The van der Waals surface area contributed by atoms with Gasteiger partial charge in [0.15, 0.2) is 5.82 Å². The highest BCUT2D eigenvalue weighted by Gasteiger charge is 2.28. The first-order valence-corrected chi connectivity index (χ1v) is 7.64. The fourth-order valence-corrected chi connectivity index (χ4v) is 3.05. The fourth-order valence-electron chi connectivity index (χ4n) is 3.05. The molecule has 1 heterocycles. The van der Waals surface area contributed by atoms with E-state index in [0.717, 1.165) is 24.6 Å². The predicted octanol–water partition coefficient (Wildman–Crippen LogP) is 2.78. The minimum atomic E-state index is -0.893. The first-order chi connectivity index (χ1) is 9.63. The van der Waals surface area contributed by atoms with Crippen molar-refractivity contribution in [2.24, 2.45) is 5.92 Å². The Morgan fingerprint density at radius 2 is 2.10 bits per heavy atom. The van der Waals surface area contributed by atoms with Gasteiger partial charge in [0.1, 0.15) is 6.04 Å². The van der Waals surface area contributed by atoms with E-state index in [-0.39, 0.29) is 0 Å². The van der Waals surface area contributed by atoms with Crippen molar-refractivity contribution >= 4 is 5.97 Å². The Morgan fingerprint density at radius 1 is 1.40 bits per heavy atom. The van der Waals surface area contributed by atoms with Crippen LogP contribution < -0.4 is 0 Å². The lowest BCUT2D eigenvalue weighted by Gasteiger charge is -2.28. The third-order valence-electron chi connectivity index (χ3n) is 4.42. The van der Waals surface area contributed by atoms with E-state index in [1.165, 1.54) is 36.8 Å². The minimum Gasteiger partial charge on any atom is -0.480 e. The smallest absolute Gasteiger partial charge is 0.328 e. The molecule has 0 spiro atoms. The zero-order chi connectivity index (χ0) is 14.5. The summed E-state index contributed by atoms with van der Waals surface area (Å²) in [5, 5.41) is 20.7. The van der Waals surface area contributed by atoms with E-state index in [2.05, 4.69) is 22.4 Å². The van der Waals surface area contributed by atoms with Gasteiger partial charge in [-0.1, -0.05) is 26.2 Å². The topological polar surface area (TPSA) is 80.9 Å². The summed E-state index contributed by atoms with van der Waals surface area (Å²) in [6, 6.07) is -0.696. The third kappa shape index (κ3) is 3.35. The van der Waals surface area contributed by atoms with Crippen LogP contribution in [0, 0.1) is 5.92 Å². The number of unbranched alkanes of at least 4 members (excludes halogenated alkanes) is 1. The SMILES string of the molecule is CCCCC1CCC(c2nnnn2C(C)C(=O)O)CC1. The molecule has 1 fully saturated rings. The predicted molar refractivity (Wildman–Crippen MR) is 74.4 cm³/mol. The normalized spacial score (nSPS) is 24.5. The van der Waals surface area contributed by atoms with E-state index in [4.69, 9.17) is 5.11 Å². The van der Waals surface area contributed by atoms with Gasteiger partial charge < -0.3 is 5.11 Å². The molecule has 0 bridgehead atoms. The monoisotopic (exact) mass is 280 g/mol. The Labute approximate surface area is 119 Å². The summed E-state index contributed by atoms with van der Waals surface area (Å²) in [4.78, 5) is 11.1. The van der Waals surface area contributed by atoms with Crippen LogP contribution in [0.5, 0.6) is 0 Å². The van der Waals surface area contributed by atoms with E-state index < -0.39 is 12.0 Å². The Hall–Kier alpha value is -1.46. The van der Waals surface area contributed by atoms with Gasteiger partial charge in [-0.05, 0) is 49.0 Å². The van der Waals surface area contributed by atoms with Gasteiger partial charge in [0.2, 0.25) is 0 Å². The minimum absolute atomic E-state index is 0.310. The van der Waals surface area contributed by atoms with Crippen molar-refractivity contribution in [2.75, 3.05) is 0 Å². The molecule has 0 amide bonds. The highest BCUT2D eigenvalue weighted by molar-refractivity contribution is 5.71. The van der Waals surface area contributed by atoms with E-state index in [1.54, 1.807) is 6.92 Å². The standard InChI is InChI=1S/C14H24N4O2/c1-3-4-5-11-6-8-12(9-7-11)13-15-16-17-18(13)10(2)14(19)20/h10-12H,3-9H2,1-2H3,(H,19,20). The number of hydrogen-bond donors (Lipinski definition) is 1. The number of aliphatic carboxylic acids is 1. The lowest BCUT2D eigenvalue weighted by Crippen LogP contribution is -2.23. The molecule has 1 atom stereocenters. The number of carboxylic acids is 1. The average Bonchev–Trinajstić information content (AvgIpc) is 2.94. The lowest BCUT2D eigenvalue weighted by atomic mass is 9.79. The molecule has 2 rings (SSSR count). The molecule has 1 N–H and O–H groups in total. The van der Waals surface area contributed by atoms with Crippen LogP contribution in [0.25, 0.3) is 0 Å². The number of carbonyl (C=O) groups is 1. The van der Waals surface area contributed by atoms with Gasteiger partial charge in [-0.2, -0.15) is 0 Å². The van der Waals surface area contributed by atoms with E-state index in [1.807, 2.05) is 0 Å². The largest absolute Gasteiger partial charge is 0.480 e. The third-order valence-corrected chi connectivity index (χ3v) is 4.42. The van der Waals surface area contributed by atoms with E-state index >= 15 is 0 Å². The maximum absolute atomic E-state index is 11.1. The second-order valence-electron chi connectivity index (χ2n) is 5.86. The summed E-state index contributed by atoms with van der Waals surface area (Å²) in [5.74, 6) is 0.987. The van der Waals surface area contributed by atoms with Crippen LogP contribution in [0.3, 0.4) is 0 Å². The van der Waals surface area contributed by atoms with Crippen LogP contribution in [0.1, 0.15) is 76.6 Å². The average molecular weight is 280 g/mol. The van der Waals surface area contributed by atoms with Crippen molar-refractivity contribution in [3.63, 3.8) is 0 Å². The summed E-state index contributed by atoms with van der Waals surface area (Å²) in [6.45, 7) is 3.85. The maximum atomic E-state index is 11.1. The number of rotatable bonds is 6. The molecular formula is C14H24N4O2. The second kappa shape index (κ2) is 6.81. The number of carboxylic acid groups (broad SMARTS) is 1. The highest BCUT2D eigenvalue weighted by atomic mass is 16.4. The summed E-state index contributed by atoms with van der Waals surface area (Å²) in [6.07, 6.45) is 8.44. The van der Waals surface area contributed by atoms with Crippen molar-refractivity contribution in [3.8, 4) is 0 Å². The molecule has 0 saturated heterocycles. The van der Waals surface area contributed by atoms with Crippen molar-refractivity contribution in [1.82, 2.24) is 20.2 Å². The Morgan fingerprint density at radius 3 is 2.70 bits per heavy atom. The fraction of sp³-hybridized carbons (Fsp3) is 0.857. The molecular weight excluding hydrogens is 256 g/mol. The quantitative estimate of drug-likeness (QED) is 0.866. The Bertz CT molecular complexity index is 438. The van der Waals surface area contributed by atoms with E-state index in [9.17, 15) is 4.79 Å². The molecule has 1 aromatic heterocycles. The zero-order valence-electron chi connectivity index (χ0n) is 12.3. The molecule has 0 aliphatic heterocycles. The molecule has 6 heteroatoms. The van der Waals surface area contributed by atoms with Crippen LogP contribution in [0.15, 0.2) is 0 Å². The molecule has 0 radical (unpaired) electrons. The lowest BCUT2D eigenvalue weighted by molar-refractivity contribution is -0.140. The Kier molecular flexibility index (Phi) is 5.09. The highest BCUT2D eigenvalue weighted by Crippen LogP contribution is 2.37. The van der Waals surface area contributed by atoms with Crippen LogP contribution in [0.4, 0.5) is 0 Å². The van der Waals surface area contributed by atoms with Crippen LogP contribution in [0.2, 0.25) is 0 Å². The molecule has 6 nitrogen and oxygen atoms in total. The molecule has 0 aromatic carbocycles. The molecule has 1 aliphatic rings. The summed E-state index contributed by atoms with van der Waals surface area (Å²) >= 11 is 0. The molecule has 1 saturated carbocycles. The van der Waals surface area contributed by atoms with Gasteiger partial charge in [0, 0.05) is 5.92 Å². The number of aromatic nitrogens is 4. The number of nitrogens with zero attached hydrogens (tertiary/aromatic N) is 4. The van der Waals surface area contributed by atoms with Crippen LogP contribution in [-0.4, -0.2) is 31.3 Å². The molecule has 20 heavy (non-hydrogen) atoms. The van der Waals surface area contributed by atoms with Gasteiger partial charge in [-0.15, -0.1) is 5.10 Å². The van der Waals surface area contributed by atoms with E-state index in [0.29, 0.717) is 5.92 Å². The maximum Gasteiger partial charge on any atom is 0.328 e. The van der Waals surface area contributed by atoms with Gasteiger partial charge >= 0.3 is 5.97 Å². The van der Waals surface area contributed by atoms with Gasteiger partial charge in [-0.3, -0.25) is 0 Å². The van der Waals surface area contributed by atoms with Crippen molar-refractivity contribution in [1.29, 1.82) is 0 Å².